The Bertz CT molecular complexity index is 254. The molecule has 0 aliphatic carbocycles. The standard InChI is InChI=1S/C18H35NO2/c1-2-3-4-5-6-7-8-9-10-11-12-13-14-15-18(21)17(19)16-20/h14-18,21H,2-13,19H2,1H3. The fraction of sp³-hybridized carbons (Fsp3) is 0.833. The van der Waals surface area contributed by atoms with Gasteiger partial charge in [-0.3, -0.25) is 0 Å². The fourth-order valence-electron chi connectivity index (χ4n) is 2.37. The Morgan fingerprint density at radius 1 is 0.905 bits per heavy atom. The summed E-state index contributed by atoms with van der Waals surface area (Å²) in [5.74, 6) is 0. The second kappa shape index (κ2) is 15.7. The summed E-state index contributed by atoms with van der Waals surface area (Å²) in [6.45, 7) is 2.26. The van der Waals surface area contributed by atoms with Crippen molar-refractivity contribution in [2.75, 3.05) is 0 Å². The van der Waals surface area contributed by atoms with E-state index in [0.717, 1.165) is 12.8 Å². The van der Waals surface area contributed by atoms with Crippen molar-refractivity contribution in [3.8, 4) is 0 Å². The first-order valence-electron chi connectivity index (χ1n) is 8.78. The SMILES string of the molecule is CCCCCCCCCCCCCC=CC(O)C(N)C=O. The van der Waals surface area contributed by atoms with E-state index in [9.17, 15) is 9.90 Å². The lowest BCUT2D eigenvalue weighted by molar-refractivity contribution is -0.110. The summed E-state index contributed by atoms with van der Waals surface area (Å²) in [4.78, 5) is 10.4. The zero-order chi connectivity index (χ0) is 15.8. The normalized spacial score (nSPS) is 14.4. The maximum absolute atomic E-state index is 10.4. The zero-order valence-electron chi connectivity index (χ0n) is 13.8. The molecule has 0 saturated heterocycles. The minimum Gasteiger partial charge on any atom is -0.387 e. The number of aliphatic hydroxyl groups is 1. The van der Waals surface area contributed by atoms with Gasteiger partial charge in [-0.2, -0.15) is 0 Å². The molecular formula is C18H35NO2. The van der Waals surface area contributed by atoms with E-state index in [4.69, 9.17) is 5.73 Å². The third-order valence-electron chi connectivity index (χ3n) is 3.86. The molecule has 2 atom stereocenters. The first-order valence-corrected chi connectivity index (χ1v) is 8.78. The molecule has 0 aromatic heterocycles. The predicted molar refractivity (Wildman–Crippen MR) is 90.3 cm³/mol. The highest BCUT2D eigenvalue weighted by Crippen LogP contribution is 2.12. The van der Waals surface area contributed by atoms with Gasteiger partial charge in [0.2, 0.25) is 0 Å². The van der Waals surface area contributed by atoms with Gasteiger partial charge in [-0.1, -0.05) is 83.3 Å². The Morgan fingerprint density at radius 3 is 1.86 bits per heavy atom. The van der Waals surface area contributed by atoms with Crippen LogP contribution in [-0.2, 0) is 4.79 Å². The molecule has 0 amide bonds. The second-order valence-electron chi connectivity index (χ2n) is 5.96. The summed E-state index contributed by atoms with van der Waals surface area (Å²) in [7, 11) is 0. The molecule has 0 fully saturated rings. The van der Waals surface area contributed by atoms with Crippen LogP contribution < -0.4 is 5.73 Å². The summed E-state index contributed by atoms with van der Waals surface area (Å²) >= 11 is 0. The molecule has 0 saturated carbocycles. The average Bonchev–Trinajstić information content (AvgIpc) is 2.50. The molecule has 124 valence electrons. The number of rotatable bonds is 15. The van der Waals surface area contributed by atoms with Crippen LogP contribution in [0.4, 0.5) is 0 Å². The number of hydrogen-bond donors (Lipinski definition) is 2. The Kier molecular flexibility index (Phi) is 15.2. The highest BCUT2D eigenvalue weighted by Gasteiger charge is 2.08. The monoisotopic (exact) mass is 297 g/mol. The van der Waals surface area contributed by atoms with E-state index in [1.165, 1.54) is 64.2 Å². The fourth-order valence-corrected chi connectivity index (χ4v) is 2.37. The third-order valence-corrected chi connectivity index (χ3v) is 3.86. The molecule has 0 aliphatic rings. The molecule has 2 unspecified atom stereocenters. The van der Waals surface area contributed by atoms with Crippen molar-refractivity contribution in [3.05, 3.63) is 12.2 Å². The molecule has 0 rings (SSSR count). The van der Waals surface area contributed by atoms with Gasteiger partial charge in [0.1, 0.15) is 6.29 Å². The van der Waals surface area contributed by atoms with Crippen LogP contribution in [0.2, 0.25) is 0 Å². The number of allylic oxidation sites excluding steroid dienone is 1. The molecule has 0 spiro atoms. The number of nitrogens with two attached hydrogens (primary N) is 1. The van der Waals surface area contributed by atoms with Crippen molar-refractivity contribution < 1.29 is 9.90 Å². The van der Waals surface area contributed by atoms with E-state index < -0.39 is 12.1 Å². The van der Waals surface area contributed by atoms with Crippen LogP contribution in [-0.4, -0.2) is 23.5 Å². The summed E-state index contributed by atoms with van der Waals surface area (Å²) in [6, 6.07) is -0.793. The first-order chi connectivity index (χ1) is 10.2. The highest BCUT2D eigenvalue weighted by molar-refractivity contribution is 5.58. The summed E-state index contributed by atoms with van der Waals surface area (Å²) in [5, 5.41) is 9.45. The molecule has 21 heavy (non-hydrogen) atoms. The first kappa shape index (κ1) is 20.3. The minimum absolute atomic E-state index is 0.581. The van der Waals surface area contributed by atoms with E-state index in [1.807, 2.05) is 6.08 Å². The Labute approximate surface area is 131 Å². The number of carbonyl (C=O) groups is 1. The Morgan fingerprint density at radius 2 is 1.38 bits per heavy atom. The van der Waals surface area contributed by atoms with Gasteiger partial charge in [-0.25, -0.2) is 0 Å². The Hall–Kier alpha value is -0.670. The molecule has 0 bridgehead atoms. The molecule has 0 aromatic rings. The largest absolute Gasteiger partial charge is 0.387 e. The van der Waals surface area contributed by atoms with Crippen LogP contribution in [0.1, 0.15) is 84.0 Å². The van der Waals surface area contributed by atoms with Crippen LogP contribution in [0.3, 0.4) is 0 Å². The molecule has 3 heteroatoms. The molecular weight excluding hydrogens is 262 g/mol. The highest BCUT2D eigenvalue weighted by atomic mass is 16.3. The molecule has 0 radical (unpaired) electrons. The quantitative estimate of drug-likeness (QED) is 0.271. The number of aliphatic hydroxyl groups excluding tert-OH is 1. The lowest BCUT2D eigenvalue weighted by atomic mass is 10.0. The zero-order valence-corrected chi connectivity index (χ0v) is 13.8. The van der Waals surface area contributed by atoms with Gasteiger partial charge in [0.05, 0.1) is 12.1 Å². The van der Waals surface area contributed by atoms with Crippen LogP contribution in [0.5, 0.6) is 0 Å². The van der Waals surface area contributed by atoms with E-state index in [1.54, 1.807) is 6.08 Å². The second-order valence-corrected chi connectivity index (χ2v) is 5.96. The molecule has 0 heterocycles. The van der Waals surface area contributed by atoms with Gasteiger partial charge in [-0.15, -0.1) is 0 Å². The van der Waals surface area contributed by atoms with E-state index in [2.05, 4.69) is 6.92 Å². The van der Waals surface area contributed by atoms with Crippen molar-refractivity contribution >= 4 is 6.29 Å². The topological polar surface area (TPSA) is 63.3 Å². The van der Waals surface area contributed by atoms with Crippen LogP contribution >= 0.6 is 0 Å². The average molecular weight is 297 g/mol. The smallest absolute Gasteiger partial charge is 0.139 e. The third kappa shape index (κ3) is 14.0. The number of carbonyl (C=O) groups excluding carboxylic acids is 1. The maximum atomic E-state index is 10.4. The van der Waals surface area contributed by atoms with E-state index in [-0.39, 0.29) is 0 Å². The lowest BCUT2D eigenvalue weighted by Gasteiger charge is -2.07. The number of aldehydes is 1. The van der Waals surface area contributed by atoms with Crippen molar-refractivity contribution in [2.45, 2.75) is 96.1 Å². The van der Waals surface area contributed by atoms with Crippen LogP contribution in [0.25, 0.3) is 0 Å². The van der Waals surface area contributed by atoms with Gasteiger partial charge in [0.25, 0.3) is 0 Å². The van der Waals surface area contributed by atoms with Gasteiger partial charge in [0.15, 0.2) is 0 Å². The minimum atomic E-state index is -0.838. The molecule has 3 N–H and O–H groups in total. The number of unbranched alkanes of at least 4 members (excludes halogenated alkanes) is 11. The predicted octanol–water partition coefficient (Wildman–Crippen LogP) is 4.13. The van der Waals surface area contributed by atoms with Crippen molar-refractivity contribution in [1.29, 1.82) is 0 Å². The van der Waals surface area contributed by atoms with Gasteiger partial charge >= 0.3 is 0 Å². The van der Waals surface area contributed by atoms with Gasteiger partial charge < -0.3 is 15.6 Å². The van der Waals surface area contributed by atoms with E-state index >= 15 is 0 Å². The van der Waals surface area contributed by atoms with Crippen LogP contribution in [0.15, 0.2) is 12.2 Å². The summed E-state index contributed by atoms with van der Waals surface area (Å²) in [6.07, 6.45) is 19.0. The van der Waals surface area contributed by atoms with Crippen LogP contribution in [0, 0.1) is 0 Å². The Balaban J connectivity index is 3.22. The number of hydrogen-bond acceptors (Lipinski definition) is 3. The van der Waals surface area contributed by atoms with Gasteiger partial charge in [-0.05, 0) is 12.8 Å². The van der Waals surface area contributed by atoms with Gasteiger partial charge in [0, 0.05) is 0 Å². The van der Waals surface area contributed by atoms with E-state index in [0.29, 0.717) is 6.29 Å². The summed E-state index contributed by atoms with van der Waals surface area (Å²) in [5.41, 5.74) is 5.39. The molecule has 0 aliphatic heterocycles. The van der Waals surface area contributed by atoms with Crippen molar-refractivity contribution in [1.82, 2.24) is 0 Å². The molecule has 3 nitrogen and oxygen atoms in total. The lowest BCUT2D eigenvalue weighted by Crippen LogP contribution is -2.34. The van der Waals surface area contributed by atoms with Crippen molar-refractivity contribution in [3.63, 3.8) is 0 Å². The summed E-state index contributed by atoms with van der Waals surface area (Å²) < 4.78 is 0. The van der Waals surface area contributed by atoms with Crippen molar-refractivity contribution in [2.24, 2.45) is 5.73 Å². The molecule has 0 aromatic carbocycles. The maximum Gasteiger partial charge on any atom is 0.139 e.